The molecule has 0 atom stereocenters. The molecule has 0 aliphatic rings. The number of rotatable bonds is 6. The highest BCUT2D eigenvalue weighted by Crippen LogP contribution is 2.25. The van der Waals surface area contributed by atoms with Crippen molar-refractivity contribution in [3.05, 3.63) is 75.5 Å². The molecule has 2 N–H and O–H groups in total. The predicted octanol–water partition coefficient (Wildman–Crippen LogP) is 4.42. The minimum Gasteiger partial charge on any atom is -0.277 e. The summed E-state index contributed by atoms with van der Waals surface area (Å²) in [5.74, 6) is 0.340. The average Bonchev–Trinajstić information content (AvgIpc) is 3.28. The molecule has 31 heavy (non-hydrogen) atoms. The number of carbonyl (C=O) groups excluding carboxylic acids is 1. The molecule has 4 aromatic rings. The van der Waals surface area contributed by atoms with E-state index in [4.69, 9.17) is 0 Å². The van der Waals surface area contributed by atoms with Gasteiger partial charge < -0.3 is 0 Å². The summed E-state index contributed by atoms with van der Waals surface area (Å²) in [5, 5.41) is 3.02. The second-order valence-corrected chi connectivity index (χ2v) is 8.25. The first-order chi connectivity index (χ1) is 15.0. The Hall–Kier alpha value is -3.52. The van der Waals surface area contributed by atoms with E-state index in [1.807, 2.05) is 25.1 Å². The highest BCUT2D eigenvalue weighted by atomic mass is 32.1. The van der Waals surface area contributed by atoms with E-state index in [1.165, 1.54) is 21.5 Å². The number of nitrogens with zero attached hydrogens (tertiary/aromatic N) is 3. The Balaban J connectivity index is 1.52. The lowest BCUT2D eigenvalue weighted by molar-refractivity contribution is 0.0958. The van der Waals surface area contributed by atoms with Crippen molar-refractivity contribution in [1.29, 1.82) is 0 Å². The number of benzene rings is 2. The Morgan fingerprint density at radius 2 is 1.84 bits per heavy atom. The molecule has 2 heterocycles. The Labute approximate surface area is 183 Å². The molecular formula is C23H23N5O2S. The smallest absolute Gasteiger partial charge is 0.277 e. The van der Waals surface area contributed by atoms with Crippen LogP contribution in [-0.4, -0.2) is 20.4 Å². The lowest BCUT2D eigenvalue weighted by Crippen LogP contribution is -2.34. The topological polar surface area (TPSA) is 88.9 Å². The number of aromatic nitrogens is 3. The maximum Gasteiger partial charge on any atom is 0.289 e. The van der Waals surface area contributed by atoms with Crippen LogP contribution in [0.3, 0.4) is 0 Å². The van der Waals surface area contributed by atoms with Gasteiger partial charge in [0.15, 0.2) is 0 Å². The molecule has 7 nitrogen and oxygen atoms in total. The van der Waals surface area contributed by atoms with Crippen LogP contribution >= 0.6 is 11.3 Å². The summed E-state index contributed by atoms with van der Waals surface area (Å²) in [6.45, 7) is 6.57. The van der Waals surface area contributed by atoms with Gasteiger partial charge >= 0.3 is 0 Å². The molecule has 0 unspecified atom stereocenters. The van der Waals surface area contributed by atoms with Crippen molar-refractivity contribution in [2.75, 3.05) is 5.43 Å². The SMILES string of the molecule is CCn1c(NNC(=O)c2csc(-c3ccc(C(C)C)cc3)n2)nc2ccccc2c1=O. The summed E-state index contributed by atoms with van der Waals surface area (Å²) in [5.41, 5.74) is 8.31. The molecule has 0 radical (unpaired) electrons. The summed E-state index contributed by atoms with van der Waals surface area (Å²) in [7, 11) is 0. The zero-order valence-electron chi connectivity index (χ0n) is 17.5. The normalized spacial score (nSPS) is 11.1. The van der Waals surface area contributed by atoms with E-state index < -0.39 is 5.91 Å². The van der Waals surface area contributed by atoms with Crippen molar-refractivity contribution in [2.45, 2.75) is 33.2 Å². The number of fused-ring (bicyclic) bond motifs is 1. The highest BCUT2D eigenvalue weighted by molar-refractivity contribution is 7.13. The third-order valence-corrected chi connectivity index (χ3v) is 5.92. The van der Waals surface area contributed by atoms with Gasteiger partial charge in [-0.2, -0.15) is 0 Å². The van der Waals surface area contributed by atoms with E-state index in [-0.39, 0.29) is 11.5 Å². The molecule has 2 aromatic carbocycles. The maximum absolute atomic E-state index is 12.7. The summed E-state index contributed by atoms with van der Waals surface area (Å²) in [6.07, 6.45) is 0. The number of hydrogen-bond acceptors (Lipinski definition) is 6. The predicted molar refractivity (Wildman–Crippen MR) is 124 cm³/mol. The highest BCUT2D eigenvalue weighted by Gasteiger charge is 2.14. The van der Waals surface area contributed by atoms with Crippen LogP contribution in [0.2, 0.25) is 0 Å². The van der Waals surface area contributed by atoms with Crippen LogP contribution in [-0.2, 0) is 6.54 Å². The summed E-state index contributed by atoms with van der Waals surface area (Å²) >= 11 is 1.41. The number of para-hydroxylation sites is 1. The largest absolute Gasteiger partial charge is 0.289 e. The van der Waals surface area contributed by atoms with Crippen molar-refractivity contribution in [1.82, 2.24) is 20.0 Å². The van der Waals surface area contributed by atoms with Gasteiger partial charge in [-0.05, 0) is 30.5 Å². The Morgan fingerprint density at radius 3 is 2.55 bits per heavy atom. The van der Waals surface area contributed by atoms with Gasteiger partial charge in [-0.1, -0.05) is 50.2 Å². The second-order valence-electron chi connectivity index (χ2n) is 7.40. The Bertz CT molecular complexity index is 1290. The fraction of sp³-hybridized carbons (Fsp3) is 0.217. The molecule has 2 aromatic heterocycles. The zero-order chi connectivity index (χ0) is 22.0. The molecule has 0 bridgehead atoms. The third-order valence-electron chi connectivity index (χ3n) is 5.03. The van der Waals surface area contributed by atoms with Gasteiger partial charge in [0.1, 0.15) is 10.7 Å². The van der Waals surface area contributed by atoms with Crippen molar-refractivity contribution >= 4 is 34.1 Å². The second kappa shape index (κ2) is 8.69. The number of hydrogen-bond donors (Lipinski definition) is 2. The first-order valence-electron chi connectivity index (χ1n) is 10.1. The lowest BCUT2D eigenvalue weighted by Gasteiger charge is -2.13. The minimum absolute atomic E-state index is 0.161. The molecule has 4 rings (SSSR count). The quantitative estimate of drug-likeness (QED) is 0.440. The summed E-state index contributed by atoms with van der Waals surface area (Å²) in [6, 6.07) is 15.3. The minimum atomic E-state index is -0.397. The van der Waals surface area contributed by atoms with E-state index in [0.717, 1.165) is 10.6 Å². The fourth-order valence-corrected chi connectivity index (χ4v) is 4.06. The van der Waals surface area contributed by atoms with Crippen LogP contribution in [0.1, 0.15) is 42.7 Å². The van der Waals surface area contributed by atoms with Crippen LogP contribution in [0, 0.1) is 0 Å². The van der Waals surface area contributed by atoms with Crippen molar-refractivity contribution in [3.8, 4) is 10.6 Å². The summed E-state index contributed by atoms with van der Waals surface area (Å²) < 4.78 is 1.48. The van der Waals surface area contributed by atoms with E-state index >= 15 is 0 Å². The third kappa shape index (κ3) is 4.20. The Morgan fingerprint density at radius 1 is 1.10 bits per heavy atom. The number of carbonyl (C=O) groups is 1. The van der Waals surface area contributed by atoms with Crippen molar-refractivity contribution in [3.63, 3.8) is 0 Å². The molecule has 0 aliphatic heterocycles. The van der Waals surface area contributed by atoms with E-state index in [9.17, 15) is 9.59 Å². The molecule has 1 amide bonds. The first-order valence-corrected chi connectivity index (χ1v) is 11.0. The Kier molecular flexibility index (Phi) is 5.81. The number of amides is 1. The van der Waals surface area contributed by atoms with Gasteiger partial charge in [0.2, 0.25) is 5.95 Å². The van der Waals surface area contributed by atoms with E-state index in [0.29, 0.717) is 29.1 Å². The van der Waals surface area contributed by atoms with Crippen LogP contribution in [0.4, 0.5) is 5.95 Å². The van der Waals surface area contributed by atoms with Crippen LogP contribution in [0.15, 0.2) is 58.7 Å². The number of thiazole rings is 1. The van der Waals surface area contributed by atoms with Gasteiger partial charge in [-0.25, -0.2) is 9.97 Å². The maximum atomic E-state index is 12.7. The van der Waals surface area contributed by atoms with Crippen LogP contribution in [0.25, 0.3) is 21.5 Å². The van der Waals surface area contributed by atoms with E-state index in [1.54, 1.807) is 23.6 Å². The lowest BCUT2D eigenvalue weighted by atomic mass is 10.0. The molecular weight excluding hydrogens is 410 g/mol. The number of anilines is 1. The molecule has 0 aliphatic carbocycles. The molecule has 0 saturated carbocycles. The molecule has 0 fully saturated rings. The fourth-order valence-electron chi connectivity index (χ4n) is 3.25. The molecule has 158 valence electrons. The van der Waals surface area contributed by atoms with Gasteiger partial charge in [0, 0.05) is 17.5 Å². The summed E-state index contributed by atoms with van der Waals surface area (Å²) in [4.78, 5) is 34.2. The van der Waals surface area contributed by atoms with Gasteiger partial charge in [-0.3, -0.25) is 25.0 Å². The standard InChI is InChI=1S/C23H23N5O2S/c1-4-28-22(30)17-7-5-6-8-18(17)25-23(28)27-26-20(29)19-13-31-21(24-19)16-11-9-15(10-12-16)14(2)3/h5-14H,4H2,1-3H3,(H,25,27)(H,26,29). The first kappa shape index (κ1) is 20.7. The van der Waals surface area contributed by atoms with E-state index in [2.05, 4.69) is 46.8 Å². The zero-order valence-corrected chi connectivity index (χ0v) is 18.4. The molecule has 8 heteroatoms. The number of nitrogens with one attached hydrogen (secondary N) is 2. The monoisotopic (exact) mass is 433 g/mol. The van der Waals surface area contributed by atoms with Gasteiger partial charge in [0.25, 0.3) is 11.5 Å². The van der Waals surface area contributed by atoms with Gasteiger partial charge in [0.05, 0.1) is 10.9 Å². The van der Waals surface area contributed by atoms with Crippen molar-refractivity contribution in [2.24, 2.45) is 0 Å². The number of hydrazine groups is 1. The average molecular weight is 434 g/mol. The van der Waals surface area contributed by atoms with Crippen molar-refractivity contribution < 1.29 is 4.79 Å². The molecule has 0 spiro atoms. The van der Waals surface area contributed by atoms with Crippen LogP contribution in [0.5, 0.6) is 0 Å². The van der Waals surface area contributed by atoms with Gasteiger partial charge in [-0.15, -0.1) is 11.3 Å². The van der Waals surface area contributed by atoms with Crippen LogP contribution < -0.4 is 16.4 Å². The molecule has 0 saturated heterocycles.